The van der Waals surface area contributed by atoms with Crippen LogP contribution in [0, 0.1) is 13.1 Å². The van der Waals surface area contributed by atoms with Crippen LogP contribution in [-0.2, 0) is 25.7 Å². The predicted octanol–water partition coefficient (Wildman–Crippen LogP) is 8.35. The van der Waals surface area contributed by atoms with Crippen molar-refractivity contribution in [3.63, 3.8) is 0 Å². The molecule has 0 saturated carbocycles. The lowest BCUT2D eigenvalue weighted by Gasteiger charge is -2.04. The van der Waals surface area contributed by atoms with Crippen LogP contribution in [0.3, 0.4) is 0 Å². The van der Waals surface area contributed by atoms with E-state index in [9.17, 15) is 4.79 Å². The molecule has 0 aromatic carbocycles. The van der Waals surface area contributed by atoms with Gasteiger partial charge in [-0.05, 0) is 74.2 Å². The van der Waals surface area contributed by atoms with Gasteiger partial charge in [0.2, 0.25) is 17.3 Å². The minimum atomic E-state index is -0.254. The van der Waals surface area contributed by atoms with Gasteiger partial charge >= 0.3 is 0 Å². The molecule has 14 heteroatoms. The van der Waals surface area contributed by atoms with Crippen molar-refractivity contribution in [2.45, 2.75) is 25.7 Å². The third-order valence-corrected chi connectivity index (χ3v) is 9.11. The van der Waals surface area contributed by atoms with E-state index in [1.807, 2.05) is 36.4 Å². The van der Waals surface area contributed by atoms with Crippen molar-refractivity contribution in [2.24, 2.45) is 0 Å². The Morgan fingerprint density at radius 2 is 1.36 bits per heavy atom. The minimum Gasteiger partial charge on any atom is -0.481 e. The first-order valence-corrected chi connectivity index (χ1v) is 15.8. The number of hydrogen-bond donors (Lipinski definition) is 3. The highest BCUT2D eigenvalue weighted by Gasteiger charge is 2.13. The highest BCUT2D eigenvalue weighted by molar-refractivity contribution is 7.16. The van der Waals surface area contributed by atoms with Crippen LogP contribution >= 0.6 is 45.9 Å². The third-order valence-electron chi connectivity index (χ3n) is 6.53. The number of halogens is 2. The van der Waals surface area contributed by atoms with Gasteiger partial charge in [-0.1, -0.05) is 23.2 Å². The van der Waals surface area contributed by atoms with Gasteiger partial charge in [-0.2, -0.15) is 10.2 Å². The number of aromatic amines is 3. The number of ether oxygens (including phenoxy) is 1. The summed E-state index contributed by atoms with van der Waals surface area (Å²) in [5.41, 5.74) is 4.91. The monoisotopic (exact) mass is 674 g/mol. The zero-order valence-corrected chi connectivity index (χ0v) is 26.9. The van der Waals surface area contributed by atoms with Crippen molar-refractivity contribution >= 4 is 57.3 Å². The summed E-state index contributed by atoms with van der Waals surface area (Å²) in [5.74, 6) is 0.459. The van der Waals surface area contributed by atoms with E-state index in [1.54, 1.807) is 41.9 Å². The average Bonchev–Trinajstić information content (AvgIpc) is 3.88. The maximum Gasteiger partial charge on any atom is 0.255 e. The number of thiophene rings is 2. The summed E-state index contributed by atoms with van der Waals surface area (Å²) in [4.78, 5) is 27.7. The molecule has 0 radical (unpaired) electrons. The normalized spacial score (nSPS) is 10.5. The highest BCUT2D eigenvalue weighted by Crippen LogP contribution is 2.31. The summed E-state index contributed by atoms with van der Waals surface area (Å²) in [6.07, 6.45) is 6.26. The zero-order chi connectivity index (χ0) is 31.8. The van der Waals surface area contributed by atoms with Gasteiger partial charge in [-0.3, -0.25) is 15.0 Å². The molecule has 0 aliphatic carbocycles. The van der Waals surface area contributed by atoms with E-state index in [4.69, 9.17) is 41.1 Å². The van der Waals surface area contributed by atoms with Gasteiger partial charge in [-0.25, -0.2) is 14.7 Å². The smallest absolute Gasteiger partial charge is 0.255 e. The number of aryl methyl sites for hydroxylation is 4. The summed E-state index contributed by atoms with van der Waals surface area (Å²) < 4.78 is 6.84. The van der Waals surface area contributed by atoms with Crippen molar-refractivity contribution in [1.82, 2.24) is 30.4 Å². The molecular weight excluding hydrogens is 651 g/mol. The average molecular weight is 676 g/mol. The van der Waals surface area contributed by atoms with E-state index >= 15 is 0 Å². The number of rotatable bonds is 9. The van der Waals surface area contributed by atoms with Crippen LogP contribution in [0.1, 0.15) is 21.1 Å². The number of nitrogens with zero attached hydrogens (tertiary/aromatic N) is 5. The number of pyridine rings is 2. The van der Waals surface area contributed by atoms with Crippen LogP contribution in [0.2, 0.25) is 8.67 Å². The first-order chi connectivity index (χ1) is 21.8. The van der Waals surface area contributed by atoms with Crippen molar-refractivity contribution in [3.05, 3.63) is 124 Å². The number of H-pyrrole nitrogens is 3. The maximum absolute atomic E-state index is 11.9. The van der Waals surface area contributed by atoms with Crippen molar-refractivity contribution < 1.29 is 4.74 Å². The van der Waals surface area contributed by atoms with Gasteiger partial charge < -0.3 is 9.72 Å². The lowest BCUT2D eigenvalue weighted by molar-refractivity contribution is 0.399. The Morgan fingerprint density at radius 1 is 0.800 bits per heavy atom. The Bertz CT molecular complexity index is 2060. The summed E-state index contributed by atoms with van der Waals surface area (Å²) >= 11 is 15.0. The number of methoxy groups -OCH3 is 1. The second kappa shape index (κ2) is 14.8. The SMILES string of the molecule is [C-]#[N+]c1c[nH]c(=O)c(-c2cc(CCc3ccc(Cl)s3)[nH]n2)c1.[C-]#[N+]c1cnc(OC)c(-c2cc(CCc3ccc(Cl)s3)[nH]n2)c1. The van der Waals surface area contributed by atoms with Gasteiger partial charge in [0.05, 0.1) is 51.4 Å². The molecule has 10 nitrogen and oxygen atoms in total. The Hall–Kier alpha value is -4.72. The fourth-order valence-corrected chi connectivity index (χ4v) is 6.49. The fourth-order valence-electron chi connectivity index (χ4n) is 4.32. The molecule has 6 aromatic rings. The van der Waals surface area contributed by atoms with E-state index in [0.717, 1.165) is 51.4 Å². The van der Waals surface area contributed by atoms with Gasteiger partial charge in [0.15, 0.2) is 0 Å². The molecule has 3 N–H and O–H groups in total. The number of hydrogen-bond acceptors (Lipinski definition) is 7. The van der Waals surface area contributed by atoms with E-state index in [0.29, 0.717) is 34.1 Å². The molecule has 0 amide bonds. The first kappa shape index (κ1) is 31.7. The Balaban J connectivity index is 0.000000178. The third kappa shape index (κ3) is 8.26. The van der Waals surface area contributed by atoms with Gasteiger partial charge in [-0.15, -0.1) is 22.7 Å². The van der Waals surface area contributed by atoms with E-state index in [2.05, 4.69) is 40.1 Å². The topological polar surface area (TPSA) is 121 Å². The molecule has 6 aromatic heterocycles. The molecule has 0 spiro atoms. The summed E-state index contributed by atoms with van der Waals surface area (Å²) in [5, 5.41) is 14.5. The molecule has 6 rings (SSSR count). The Morgan fingerprint density at radius 3 is 1.87 bits per heavy atom. The van der Waals surface area contributed by atoms with E-state index in [-0.39, 0.29) is 5.56 Å². The highest BCUT2D eigenvalue weighted by atomic mass is 35.5. The van der Waals surface area contributed by atoms with E-state index < -0.39 is 0 Å². The number of aromatic nitrogens is 6. The molecule has 0 saturated heterocycles. The molecule has 6 heterocycles. The molecule has 0 unspecified atom stereocenters. The molecule has 0 aliphatic heterocycles. The Kier molecular flexibility index (Phi) is 10.5. The molecular formula is C31H24Cl2N8O2S2. The standard InChI is InChI=1S/C16H13ClN4OS.C15H11ClN4OS/c1-18-11-7-13(16(22-2)19-9-11)14-8-10(20-21-14)3-4-12-5-6-15(17)23-12;1-17-10-6-12(15(21)18-8-10)13-7-9(19-20-13)2-3-11-4-5-14(16)22-11/h5-9H,3-4H2,2H3,(H,20,21);4-8H,2-3H2,(H,18,21)(H,19,20). The first-order valence-electron chi connectivity index (χ1n) is 13.4. The second-order valence-corrected chi connectivity index (χ2v) is 13.1. The van der Waals surface area contributed by atoms with Crippen LogP contribution in [0.25, 0.3) is 32.2 Å². The van der Waals surface area contributed by atoms with Crippen LogP contribution in [0.5, 0.6) is 5.88 Å². The van der Waals surface area contributed by atoms with E-state index in [1.165, 1.54) is 22.1 Å². The lowest BCUT2D eigenvalue weighted by Crippen LogP contribution is -2.07. The summed E-state index contributed by atoms with van der Waals surface area (Å²) in [6.45, 7) is 14.1. The summed E-state index contributed by atoms with van der Waals surface area (Å²) in [7, 11) is 1.55. The second-order valence-electron chi connectivity index (χ2n) is 9.54. The van der Waals surface area contributed by atoms with Gasteiger partial charge in [0.25, 0.3) is 5.56 Å². The van der Waals surface area contributed by atoms with Crippen LogP contribution in [-0.4, -0.2) is 37.5 Å². The quantitative estimate of drug-likeness (QED) is 0.133. The van der Waals surface area contributed by atoms with Crippen LogP contribution in [0.4, 0.5) is 11.4 Å². The fraction of sp³-hybridized carbons (Fsp3) is 0.161. The maximum atomic E-state index is 11.9. The molecule has 45 heavy (non-hydrogen) atoms. The predicted molar refractivity (Wildman–Crippen MR) is 179 cm³/mol. The molecule has 0 aliphatic rings. The summed E-state index contributed by atoms with van der Waals surface area (Å²) in [6, 6.07) is 14.9. The minimum absolute atomic E-state index is 0.254. The van der Waals surface area contributed by atoms with Crippen molar-refractivity contribution in [2.75, 3.05) is 7.11 Å². The molecule has 226 valence electrons. The molecule has 0 atom stereocenters. The van der Waals surface area contributed by atoms with Gasteiger partial charge in [0, 0.05) is 33.5 Å². The number of nitrogens with one attached hydrogen (secondary N) is 3. The zero-order valence-electron chi connectivity index (χ0n) is 23.7. The van der Waals surface area contributed by atoms with Crippen LogP contribution in [0.15, 0.2) is 65.7 Å². The lowest BCUT2D eigenvalue weighted by atomic mass is 10.1. The van der Waals surface area contributed by atoms with Crippen molar-refractivity contribution in [1.29, 1.82) is 0 Å². The molecule has 0 bridgehead atoms. The Labute approximate surface area is 276 Å². The largest absolute Gasteiger partial charge is 0.481 e. The van der Waals surface area contributed by atoms with Crippen LogP contribution < -0.4 is 10.3 Å². The van der Waals surface area contributed by atoms with Crippen molar-refractivity contribution in [3.8, 4) is 28.4 Å². The molecule has 0 fully saturated rings. The van der Waals surface area contributed by atoms with Gasteiger partial charge in [0.1, 0.15) is 0 Å².